The maximum Gasteiger partial charge on any atom is 0.254 e. The van der Waals surface area contributed by atoms with Crippen LogP contribution in [-0.2, 0) is 0 Å². The summed E-state index contributed by atoms with van der Waals surface area (Å²) in [5.74, 6) is -3.27. The summed E-state index contributed by atoms with van der Waals surface area (Å²) in [5, 5.41) is 0. The van der Waals surface area contributed by atoms with Gasteiger partial charge in [-0.05, 0) is 19.3 Å². The molecule has 0 aromatic rings. The molecule has 3 unspecified atom stereocenters. The third-order valence-corrected chi connectivity index (χ3v) is 3.43. The van der Waals surface area contributed by atoms with Gasteiger partial charge in [0.2, 0.25) is 0 Å². The van der Waals surface area contributed by atoms with Gasteiger partial charge in [0.1, 0.15) is 5.67 Å². The Labute approximate surface area is 88.0 Å². The molecule has 0 bridgehead atoms. The van der Waals surface area contributed by atoms with Crippen molar-refractivity contribution in [3.8, 4) is 0 Å². The van der Waals surface area contributed by atoms with E-state index in [1.807, 2.05) is 6.92 Å². The molecule has 0 spiro atoms. The molecule has 1 aliphatic carbocycles. The van der Waals surface area contributed by atoms with Crippen LogP contribution in [-0.4, -0.2) is 17.3 Å². The summed E-state index contributed by atoms with van der Waals surface area (Å²) in [6.45, 7) is 4.56. The first-order chi connectivity index (χ1) is 6.62. The van der Waals surface area contributed by atoms with Crippen LogP contribution in [0.25, 0.3) is 0 Å². The van der Waals surface area contributed by atoms with Crippen molar-refractivity contribution < 1.29 is 17.6 Å². The Balaban J connectivity index is 2.83. The van der Waals surface area contributed by atoms with Crippen LogP contribution < -0.4 is 0 Å². The smallest absolute Gasteiger partial charge is 0.240 e. The van der Waals surface area contributed by atoms with Crippen LogP contribution in [0.4, 0.5) is 17.6 Å². The zero-order chi connectivity index (χ0) is 11.9. The van der Waals surface area contributed by atoms with Gasteiger partial charge in [0.05, 0.1) is 0 Å². The number of alkyl halides is 4. The van der Waals surface area contributed by atoms with E-state index >= 15 is 0 Å². The van der Waals surface area contributed by atoms with Crippen LogP contribution in [0, 0.1) is 5.92 Å². The third-order valence-electron chi connectivity index (χ3n) is 3.43. The molecule has 0 radical (unpaired) electrons. The second kappa shape index (κ2) is 3.63. The van der Waals surface area contributed by atoms with Crippen LogP contribution >= 0.6 is 0 Å². The third kappa shape index (κ3) is 2.45. The van der Waals surface area contributed by atoms with Gasteiger partial charge >= 0.3 is 0 Å². The van der Waals surface area contributed by atoms with Crippen molar-refractivity contribution in [2.24, 2.45) is 5.92 Å². The molecular formula is C11H18F4. The lowest BCUT2D eigenvalue weighted by Crippen LogP contribution is -2.41. The number of rotatable bonds is 3. The molecule has 0 amide bonds. The fraction of sp³-hybridized carbons (Fsp3) is 1.00. The van der Waals surface area contributed by atoms with E-state index in [0.717, 1.165) is 6.92 Å². The Bertz CT molecular complexity index is 237. The molecule has 0 saturated heterocycles. The van der Waals surface area contributed by atoms with Crippen molar-refractivity contribution in [2.45, 2.75) is 63.7 Å². The van der Waals surface area contributed by atoms with Gasteiger partial charge in [-0.15, -0.1) is 0 Å². The van der Waals surface area contributed by atoms with Gasteiger partial charge in [0.25, 0.3) is 5.92 Å². The molecule has 0 aliphatic heterocycles. The predicted molar refractivity (Wildman–Crippen MR) is 51.6 cm³/mol. The average molecular weight is 226 g/mol. The van der Waals surface area contributed by atoms with Crippen LogP contribution in [0.15, 0.2) is 0 Å². The largest absolute Gasteiger partial charge is 0.254 e. The van der Waals surface area contributed by atoms with Crippen LogP contribution in [0.5, 0.6) is 0 Å². The van der Waals surface area contributed by atoms with Crippen LogP contribution in [0.1, 0.15) is 46.5 Å². The highest BCUT2D eigenvalue weighted by Gasteiger charge is 2.64. The standard InChI is InChI=1S/C11H18F4/c1-4-8(2)5-10(13)7-11(14,15)6-9(10,3)12/h8H,4-7H2,1-3H3. The fourth-order valence-electron chi connectivity index (χ4n) is 2.28. The second-order valence-electron chi connectivity index (χ2n) is 5.09. The Kier molecular flexibility index (Phi) is 3.10. The molecular weight excluding hydrogens is 208 g/mol. The minimum absolute atomic E-state index is 0.0704. The lowest BCUT2D eigenvalue weighted by molar-refractivity contribution is -0.0211. The molecule has 0 N–H and O–H groups in total. The van der Waals surface area contributed by atoms with Crippen molar-refractivity contribution in [1.82, 2.24) is 0 Å². The first kappa shape index (κ1) is 12.8. The molecule has 15 heavy (non-hydrogen) atoms. The van der Waals surface area contributed by atoms with Crippen LogP contribution in [0.2, 0.25) is 0 Å². The molecule has 0 heterocycles. The summed E-state index contributed by atoms with van der Waals surface area (Å²) < 4.78 is 54.0. The number of hydrogen-bond acceptors (Lipinski definition) is 0. The monoisotopic (exact) mass is 226 g/mol. The van der Waals surface area contributed by atoms with Crippen molar-refractivity contribution in [1.29, 1.82) is 0 Å². The van der Waals surface area contributed by atoms with Crippen molar-refractivity contribution >= 4 is 0 Å². The van der Waals surface area contributed by atoms with Crippen molar-refractivity contribution in [3.05, 3.63) is 0 Å². The van der Waals surface area contributed by atoms with E-state index in [0.29, 0.717) is 6.42 Å². The predicted octanol–water partition coefficient (Wildman–Crippen LogP) is 4.29. The van der Waals surface area contributed by atoms with Gasteiger partial charge < -0.3 is 0 Å². The quantitative estimate of drug-likeness (QED) is 0.630. The maximum absolute atomic E-state index is 14.2. The second-order valence-corrected chi connectivity index (χ2v) is 5.09. The minimum atomic E-state index is -3.20. The van der Waals surface area contributed by atoms with Gasteiger partial charge in [-0.25, -0.2) is 17.6 Å². The Morgan fingerprint density at radius 3 is 2.00 bits per heavy atom. The summed E-state index contributed by atoms with van der Waals surface area (Å²) in [4.78, 5) is 0. The summed E-state index contributed by atoms with van der Waals surface area (Å²) in [6.07, 6.45) is -1.41. The van der Waals surface area contributed by atoms with E-state index in [9.17, 15) is 17.6 Å². The van der Waals surface area contributed by atoms with Gasteiger partial charge in [-0.1, -0.05) is 20.3 Å². The van der Waals surface area contributed by atoms with Gasteiger partial charge in [-0.2, -0.15) is 0 Å². The molecule has 1 rings (SSSR count). The normalized spacial score (nSPS) is 41.8. The molecule has 3 atom stereocenters. The molecule has 1 saturated carbocycles. The summed E-state index contributed by atoms with van der Waals surface area (Å²) in [7, 11) is 0. The maximum atomic E-state index is 14.2. The fourth-order valence-corrected chi connectivity index (χ4v) is 2.28. The number of halogens is 4. The molecule has 0 aromatic carbocycles. The molecule has 0 nitrogen and oxygen atoms in total. The Hall–Kier alpha value is -0.280. The van der Waals surface area contributed by atoms with E-state index in [4.69, 9.17) is 0 Å². The minimum Gasteiger partial charge on any atom is -0.240 e. The molecule has 4 heteroatoms. The molecule has 1 fully saturated rings. The Morgan fingerprint density at radius 2 is 1.67 bits per heavy atom. The summed E-state index contributed by atoms with van der Waals surface area (Å²) in [5.41, 5.74) is -4.77. The molecule has 90 valence electrons. The summed E-state index contributed by atoms with van der Waals surface area (Å²) in [6, 6.07) is 0. The lowest BCUT2D eigenvalue weighted by Gasteiger charge is -2.31. The summed E-state index contributed by atoms with van der Waals surface area (Å²) >= 11 is 0. The first-order valence-corrected chi connectivity index (χ1v) is 5.37. The SMILES string of the molecule is CCC(C)CC1(F)CC(F)(F)CC1(C)F. The van der Waals surface area contributed by atoms with E-state index in [-0.39, 0.29) is 12.3 Å². The van der Waals surface area contributed by atoms with Crippen LogP contribution in [0.3, 0.4) is 0 Å². The average Bonchev–Trinajstić information content (AvgIpc) is 2.14. The zero-order valence-electron chi connectivity index (χ0n) is 9.42. The van der Waals surface area contributed by atoms with Gasteiger partial charge in [-0.3, -0.25) is 0 Å². The first-order valence-electron chi connectivity index (χ1n) is 5.37. The van der Waals surface area contributed by atoms with Gasteiger partial charge in [0.15, 0.2) is 5.67 Å². The topological polar surface area (TPSA) is 0 Å². The lowest BCUT2D eigenvalue weighted by atomic mass is 9.82. The number of hydrogen-bond donors (Lipinski definition) is 0. The highest BCUT2D eigenvalue weighted by atomic mass is 19.3. The van der Waals surface area contributed by atoms with E-state index in [1.54, 1.807) is 6.92 Å². The van der Waals surface area contributed by atoms with Crippen molar-refractivity contribution in [3.63, 3.8) is 0 Å². The van der Waals surface area contributed by atoms with Crippen molar-refractivity contribution in [2.75, 3.05) is 0 Å². The highest BCUT2D eigenvalue weighted by Crippen LogP contribution is 2.55. The van der Waals surface area contributed by atoms with E-state index in [1.165, 1.54) is 0 Å². The van der Waals surface area contributed by atoms with Gasteiger partial charge in [0, 0.05) is 12.8 Å². The highest BCUT2D eigenvalue weighted by molar-refractivity contribution is 5.09. The van der Waals surface area contributed by atoms with E-state index in [2.05, 4.69) is 0 Å². The zero-order valence-corrected chi connectivity index (χ0v) is 9.42. The van der Waals surface area contributed by atoms with E-state index < -0.39 is 30.1 Å². The molecule has 0 aromatic heterocycles. The molecule has 1 aliphatic rings. The Morgan fingerprint density at radius 1 is 1.13 bits per heavy atom.